The van der Waals surface area contributed by atoms with Gasteiger partial charge in [0, 0.05) is 34.9 Å². The third kappa shape index (κ3) is 10.2. The van der Waals surface area contributed by atoms with Gasteiger partial charge in [-0.3, -0.25) is 4.79 Å². The first kappa shape index (κ1) is 33.1. The zero-order valence-corrected chi connectivity index (χ0v) is 27.7. The Bertz CT molecular complexity index is 1530. The lowest BCUT2D eigenvalue weighted by Crippen LogP contribution is -2.23. The summed E-state index contributed by atoms with van der Waals surface area (Å²) >= 11 is 0. The molecule has 3 aromatic rings. The number of furan rings is 1. The summed E-state index contributed by atoms with van der Waals surface area (Å²) in [5.41, 5.74) is 4.96. The quantitative estimate of drug-likeness (QED) is 0.140. The predicted octanol–water partition coefficient (Wildman–Crippen LogP) is 8.98. The fraction of sp³-hybridized carbons (Fsp3) is 0.487. The average molecular weight is 597 g/mol. The number of hydrogen-bond acceptors (Lipinski definition) is 5. The fourth-order valence-electron chi connectivity index (χ4n) is 5.90. The van der Waals surface area contributed by atoms with Crippen LogP contribution in [0.15, 0.2) is 64.6 Å². The molecule has 0 amide bonds. The van der Waals surface area contributed by atoms with E-state index in [2.05, 4.69) is 78.5 Å². The third-order valence-corrected chi connectivity index (χ3v) is 7.77. The fourth-order valence-corrected chi connectivity index (χ4v) is 5.90. The lowest BCUT2D eigenvalue weighted by molar-refractivity contribution is -0.155. The molecule has 2 aromatic carbocycles. The summed E-state index contributed by atoms with van der Waals surface area (Å²) in [6.45, 7) is 17.5. The summed E-state index contributed by atoms with van der Waals surface area (Å²) < 4.78 is 17.1. The van der Waals surface area contributed by atoms with E-state index in [1.807, 2.05) is 43.3 Å². The lowest BCUT2D eigenvalue weighted by atomic mass is 9.75. The Morgan fingerprint density at radius 1 is 0.977 bits per heavy atom. The molecule has 0 N–H and O–H groups in total. The van der Waals surface area contributed by atoms with E-state index in [-0.39, 0.29) is 29.4 Å². The SMILES string of the molecule is Cc1ccc(C#Cc2ccc3oc(CC(C)C(=O)OCC4C/C(=C\CC(CC(C)(C)C)CC(C)(C)C)C(=O)O4)cc3c2)cc1. The maximum absolute atomic E-state index is 12.8. The number of allylic oxidation sites excluding steroid dienone is 1. The van der Waals surface area contributed by atoms with E-state index in [9.17, 15) is 9.59 Å². The van der Waals surface area contributed by atoms with Crippen molar-refractivity contribution in [3.05, 3.63) is 82.6 Å². The van der Waals surface area contributed by atoms with Crippen LogP contribution in [0.4, 0.5) is 0 Å². The minimum absolute atomic E-state index is 0.0583. The van der Waals surface area contributed by atoms with E-state index in [4.69, 9.17) is 13.9 Å². The van der Waals surface area contributed by atoms with Crippen molar-refractivity contribution >= 4 is 22.9 Å². The summed E-state index contributed by atoms with van der Waals surface area (Å²) in [6.07, 6.45) is 5.52. The van der Waals surface area contributed by atoms with Gasteiger partial charge in [0.2, 0.25) is 0 Å². The molecule has 0 aliphatic carbocycles. The molecule has 0 saturated carbocycles. The number of rotatable bonds is 9. The molecule has 5 heteroatoms. The summed E-state index contributed by atoms with van der Waals surface area (Å²) in [6, 6.07) is 15.9. The Kier molecular flexibility index (Phi) is 10.5. The van der Waals surface area contributed by atoms with Gasteiger partial charge in [-0.05, 0) is 79.3 Å². The van der Waals surface area contributed by atoms with Gasteiger partial charge in [-0.1, -0.05) is 84.1 Å². The zero-order chi connectivity index (χ0) is 32.1. The number of hydrogen-bond donors (Lipinski definition) is 0. The van der Waals surface area contributed by atoms with Crippen LogP contribution in [-0.2, 0) is 25.5 Å². The second-order valence-electron chi connectivity index (χ2n) is 14.9. The van der Waals surface area contributed by atoms with Gasteiger partial charge in [0.05, 0.1) is 5.92 Å². The number of esters is 2. The molecule has 1 saturated heterocycles. The molecule has 4 rings (SSSR count). The molecule has 0 bridgehead atoms. The minimum atomic E-state index is -0.445. The summed E-state index contributed by atoms with van der Waals surface area (Å²) in [7, 11) is 0. The van der Waals surface area contributed by atoms with Gasteiger partial charge in [0.15, 0.2) is 0 Å². The first-order valence-corrected chi connectivity index (χ1v) is 15.8. The lowest BCUT2D eigenvalue weighted by Gasteiger charge is -2.30. The molecule has 0 spiro atoms. The molecule has 2 heterocycles. The smallest absolute Gasteiger partial charge is 0.334 e. The van der Waals surface area contributed by atoms with Gasteiger partial charge in [-0.15, -0.1) is 0 Å². The second kappa shape index (κ2) is 13.9. The van der Waals surface area contributed by atoms with Crippen molar-refractivity contribution in [3.8, 4) is 11.8 Å². The molecule has 5 nitrogen and oxygen atoms in total. The van der Waals surface area contributed by atoms with E-state index in [0.717, 1.165) is 41.4 Å². The van der Waals surface area contributed by atoms with Crippen molar-refractivity contribution in [3.63, 3.8) is 0 Å². The highest BCUT2D eigenvalue weighted by Crippen LogP contribution is 2.36. The summed E-state index contributed by atoms with van der Waals surface area (Å²) in [4.78, 5) is 25.4. The first-order valence-electron chi connectivity index (χ1n) is 15.8. The minimum Gasteiger partial charge on any atom is -0.462 e. The number of ether oxygens (including phenoxy) is 2. The third-order valence-electron chi connectivity index (χ3n) is 7.77. The number of carbonyl (C=O) groups is 2. The normalized spacial score (nSPS) is 17.1. The number of cyclic esters (lactones) is 1. The van der Waals surface area contributed by atoms with Crippen LogP contribution < -0.4 is 0 Å². The predicted molar refractivity (Wildman–Crippen MR) is 176 cm³/mol. The van der Waals surface area contributed by atoms with Crippen LogP contribution >= 0.6 is 0 Å². The van der Waals surface area contributed by atoms with Gasteiger partial charge in [-0.25, -0.2) is 4.79 Å². The highest BCUT2D eigenvalue weighted by Gasteiger charge is 2.31. The van der Waals surface area contributed by atoms with Gasteiger partial charge >= 0.3 is 11.9 Å². The molecule has 44 heavy (non-hydrogen) atoms. The molecule has 0 radical (unpaired) electrons. The molecule has 1 aromatic heterocycles. The first-order chi connectivity index (χ1) is 20.6. The molecule has 1 aliphatic rings. The van der Waals surface area contributed by atoms with Crippen molar-refractivity contribution in [1.29, 1.82) is 0 Å². The Balaban J connectivity index is 1.29. The monoisotopic (exact) mass is 596 g/mol. The number of carbonyl (C=O) groups excluding carboxylic acids is 2. The Morgan fingerprint density at radius 3 is 2.27 bits per heavy atom. The summed E-state index contributed by atoms with van der Waals surface area (Å²) in [5, 5.41) is 0.945. The van der Waals surface area contributed by atoms with Crippen LogP contribution in [0.3, 0.4) is 0 Å². The maximum atomic E-state index is 12.8. The van der Waals surface area contributed by atoms with Crippen LogP contribution in [-0.4, -0.2) is 24.6 Å². The number of benzene rings is 2. The van der Waals surface area contributed by atoms with Crippen LogP contribution in [0.25, 0.3) is 11.0 Å². The van der Waals surface area contributed by atoms with Crippen molar-refractivity contribution in [1.82, 2.24) is 0 Å². The molecule has 1 aliphatic heterocycles. The Labute approximate surface area is 263 Å². The highest BCUT2D eigenvalue weighted by atomic mass is 16.6. The Morgan fingerprint density at radius 2 is 1.61 bits per heavy atom. The van der Waals surface area contributed by atoms with E-state index >= 15 is 0 Å². The average Bonchev–Trinajstić information content (AvgIpc) is 3.49. The summed E-state index contributed by atoms with van der Waals surface area (Å²) in [5.74, 6) is 6.59. The maximum Gasteiger partial charge on any atom is 0.334 e. The standard InChI is InChI=1S/C39H48O5/c1-26-9-11-28(12-10-26)13-14-29-16-18-35-32(20-29)22-33(43-35)19-27(2)36(40)42-25-34-21-31(37(41)44-34)17-15-30(23-38(3,4)5)24-39(6,7)8/h9-12,16-18,20,22,27,30,34H,15,19,21,23-25H2,1-8H3/b31-17+. The van der Waals surface area contributed by atoms with E-state index < -0.39 is 12.0 Å². The van der Waals surface area contributed by atoms with Gasteiger partial charge in [0.25, 0.3) is 0 Å². The van der Waals surface area contributed by atoms with Crippen LogP contribution in [0.2, 0.25) is 0 Å². The van der Waals surface area contributed by atoms with Gasteiger partial charge < -0.3 is 13.9 Å². The number of aryl methyl sites for hydroxylation is 1. The van der Waals surface area contributed by atoms with Crippen LogP contribution in [0, 0.1) is 41.4 Å². The van der Waals surface area contributed by atoms with Crippen molar-refractivity contribution < 1.29 is 23.5 Å². The van der Waals surface area contributed by atoms with Gasteiger partial charge in [0.1, 0.15) is 24.1 Å². The zero-order valence-electron chi connectivity index (χ0n) is 27.7. The van der Waals surface area contributed by atoms with Crippen molar-refractivity contribution in [2.24, 2.45) is 22.7 Å². The largest absolute Gasteiger partial charge is 0.462 e. The van der Waals surface area contributed by atoms with E-state index in [1.165, 1.54) is 5.56 Å². The molecule has 2 atom stereocenters. The van der Waals surface area contributed by atoms with Crippen LogP contribution in [0.5, 0.6) is 0 Å². The molecular weight excluding hydrogens is 548 g/mol. The molecule has 1 fully saturated rings. The molecule has 2 unspecified atom stereocenters. The highest BCUT2D eigenvalue weighted by molar-refractivity contribution is 5.90. The number of fused-ring (bicyclic) bond motifs is 1. The molecule has 234 valence electrons. The van der Waals surface area contributed by atoms with Crippen molar-refractivity contribution in [2.75, 3.05) is 6.61 Å². The topological polar surface area (TPSA) is 65.7 Å². The molecular formula is C39H48O5. The van der Waals surface area contributed by atoms with Gasteiger partial charge in [-0.2, -0.15) is 0 Å². The van der Waals surface area contributed by atoms with E-state index in [1.54, 1.807) is 0 Å². The van der Waals surface area contributed by atoms with E-state index in [0.29, 0.717) is 30.1 Å². The van der Waals surface area contributed by atoms with Crippen molar-refractivity contribution in [2.45, 2.75) is 93.6 Å². The Hall–Kier alpha value is -3.78. The second-order valence-corrected chi connectivity index (χ2v) is 14.9. The van der Waals surface area contributed by atoms with Crippen LogP contribution in [0.1, 0.15) is 96.6 Å².